The van der Waals surface area contributed by atoms with Crippen molar-refractivity contribution < 1.29 is 9.90 Å². The summed E-state index contributed by atoms with van der Waals surface area (Å²) in [5.41, 5.74) is 2.90. The zero-order valence-electron chi connectivity index (χ0n) is 20.1. The van der Waals surface area contributed by atoms with Crippen LogP contribution in [0.2, 0.25) is 0 Å². The van der Waals surface area contributed by atoms with Crippen molar-refractivity contribution in [1.29, 1.82) is 0 Å². The van der Waals surface area contributed by atoms with E-state index in [-0.39, 0.29) is 0 Å². The van der Waals surface area contributed by atoms with Gasteiger partial charge in [0.2, 0.25) is 0 Å². The van der Waals surface area contributed by atoms with Crippen LogP contribution in [0.3, 0.4) is 0 Å². The van der Waals surface area contributed by atoms with E-state index in [4.69, 9.17) is 5.11 Å². The van der Waals surface area contributed by atoms with Gasteiger partial charge in [0.05, 0.1) is 0 Å². The quantitative estimate of drug-likeness (QED) is 0.430. The number of hydrogen-bond donors (Lipinski definition) is 1. The second-order valence-electron chi connectivity index (χ2n) is 12.3. The highest BCUT2D eigenvalue weighted by atomic mass is 16.4. The average Bonchev–Trinajstić information content (AvgIpc) is 3.04. The van der Waals surface area contributed by atoms with E-state index in [1.165, 1.54) is 70.6 Å². The van der Waals surface area contributed by atoms with E-state index in [2.05, 4.69) is 33.8 Å². The Bertz CT molecular complexity index is 666. The molecule has 4 rings (SSSR count). The maximum Gasteiger partial charge on any atom is 0.303 e. The van der Waals surface area contributed by atoms with Crippen molar-refractivity contribution in [3.05, 3.63) is 11.6 Å². The Kier molecular flexibility index (Phi) is 6.44. The minimum Gasteiger partial charge on any atom is -0.481 e. The van der Waals surface area contributed by atoms with E-state index in [0.717, 1.165) is 36.0 Å². The van der Waals surface area contributed by atoms with Crippen LogP contribution in [0.25, 0.3) is 0 Å². The van der Waals surface area contributed by atoms with Crippen LogP contribution >= 0.6 is 0 Å². The van der Waals surface area contributed by atoms with E-state index in [0.29, 0.717) is 23.2 Å². The molecule has 30 heavy (non-hydrogen) atoms. The Morgan fingerprint density at radius 2 is 1.90 bits per heavy atom. The highest BCUT2D eigenvalue weighted by Gasteiger charge is 2.58. The zero-order chi connectivity index (χ0) is 21.5. The van der Waals surface area contributed by atoms with Gasteiger partial charge in [-0.3, -0.25) is 4.79 Å². The summed E-state index contributed by atoms with van der Waals surface area (Å²) in [4.78, 5) is 10.9. The first-order chi connectivity index (χ1) is 14.3. The molecule has 3 fully saturated rings. The predicted octanol–water partition coefficient (Wildman–Crippen LogP) is 7.87. The zero-order valence-corrected chi connectivity index (χ0v) is 20.1. The van der Waals surface area contributed by atoms with Gasteiger partial charge in [-0.2, -0.15) is 0 Å². The lowest BCUT2D eigenvalue weighted by molar-refractivity contribution is -0.138. The maximum atomic E-state index is 10.9. The molecular weight excluding hydrogens is 368 g/mol. The Hall–Kier alpha value is -0.790. The average molecular weight is 415 g/mol. The number of rotatable bonds is 7. The number of carbonyl (C=O) groups is 1. The van der Waals surface area contributed by atoms with Crippen LogP contribution in [0.15, 0.2) is 11.6 Å². The normalized spacial score (nSPS) is 42.5. The van der Waals surface area contributed by atoms with Crippen molar-refractivity contribution in [2.45, 2.75) is 111 Å². The van der Waals surface area contributed by atoms with Crippen molar-refractivity contribution in [2.24, 2.45) is 46.3 Å². The van der Waals surface area contributed by atoms with E-state index >= 15 is 0 Å². The van der Waals surface area contributed by atoms with Gasteiger partial charge in [0.15, 0.2) is 0 Å². The number of allylic oxidation sites excluding steroid dienone is 2. The molecule has 1 unspecified atom stereocenters. The first-order valence-electron chi connectivity index (χ1n) is 13.2. The molecule has 4 aliphatic rings. The van der Waals surface area contributed by atoms with Crippen LogP contribution in [0.1, 0.15) is 111 Å². The summed E-state index contributed by atoms with van der Waals surface area (Å²) in [6.07, 6.45) is 19.4. The second-order valence-corrected chi connectivity index (χ2v) is 12.3. The smallest absolute Gasteiger partial charge is 0.303 e. The van der Waals surface area contributed by atoms with Crippen molar-refractivity contribution >= 4 is 5.97 Å². The summed E-state index contributed by atoms with van der Waals surface area (Å²) < 4.78 is 0. The summed E-state index contributed by atoms with van der Waals surface area (Å²) in [5.74, 6) is 4.15. The Labute approximate surface area is 185 Å². The summed E-state index contributed by atoms with van der Waals surface area (Å²) in [6.45, 7) is 9.90. The van der Waals surface area contributed by atoms with E-state index in [1.54, 1.807) is 0 Å². The fourth-order valence-electron chi connectivity index (χ4n) is 9.06. The van der Waals surface area contributed by atoms with Crippen molar-refractivity contribution in [3.8, 4) is 0 Å². The lowest BCUT2D eigenvalue weighted by Crippen LogP contribution is -2.50. The van der Waals surface area contributed by atoms with Crippen molar-refractivity contribution in [1.82, 2.24) is 0 Å². The molecule has 0 aromatic heterocycles. The molecule has 0 saturated heterocycles. The first kappa shape index (κ1) is 22.4. The summed E-state index contributed by atoms with van der Waals surface area (Å²) >= 11 is 0. The molecule has 0 aromatic carbocycles. The molecule has 0 heterocycles. The molecule has 0 spiro atoms. The molecule has 0 aromatic rings. The fraction of sp³-hybridized carbons (Fsp3) is 0.893. The van der Waals surface area contributed by atoms with Crippen LogP contribution in [0.5, 0.6) is 0 Å². The topological polar surface area (TPSA) is 37.3 Å². The molecule has 0 radical (unpaired) electrons. The largest absolute Gasteiger partial charge is 0.481 e. The maximum absolute atomic E-state index is 10.9. The molecule has 8 atom stereocenters. The van der Waals surface area contributed by atoms with Gasteiger partial charge in [0.25, 0.3) is 0 Å². The molecule has 3 saturated carbocycles. The number of carboxylic acids is 1. The number of carboxylic acid groups (broad SMARTS) is 1. The number of hydrogen-bond acceptors (Lipinski definition) is 1. The monoisotopic (exact) mass is 414 g/mol. The third-order valence-electron chi connectivity index (χ3n) is 10.7. The molecule has 0 amide bonds. The van der Waals surface area contributed by atoms with Crippen molar-refractivity contribution in [2.75, 3.05) is 0 Å². The van der Waals surface area contributed by atoms with Gasteiger partial charge in [0, 0.05) is 6.42 Å². The third kappa shape index (κ3) is 3.90. The third-order valence-corrected chi connectivity index (χ3v) is 10.7. The molecule has 2 heteroatoms. The molecule has 170 valence electrons. The van der Waals surface area contributed by atoms with E-state index in [9.17, 15) is 4.79 Å². The van der Waals surface area contributed by atoms with Gasteiger partial charge in [-0.15, -0.1) is 0 Å². The van der Waals surface area contributed by atoms with Gasteiger partial charge in [-0.05, 0) is 97.7 Å². The number of aliphatic carboxylic acids is 1. The Balaban J connectivity index is 1.40. The van der Waals surface area contributed by atoms with Crippen molar-refractivity contribution in [3.63, 3.8) is 0 Å². The number of fused-ring (bicyclic) bond motifs is 5. The Morgan fingerprint density at radius 3 is 2.67 bits per heavy atom. The van der Waals surface area contributed by atoms with Gasteiger partial charge in [0.1, 0.15) is 0 Å². The lowest BCUT2D eigenvalue weighted by atomic mass is 9.47. The van der Waals surface area contributed by atoms with Crippen LogP contribution < -0.4 is 0 Å². The minimum atomic E-state index is -0.644. The summed E-state index contributed by atoms with van der Waals surface area (Å²) in [7, 11) is 0. The second kappa shape index (κ2) is 8.62. The molecule has 1 N–H and O–H groups in total. The standard InChI is InChI=1S/C28H46O2/c1-19(18-26(29)30)8-7-9-20(2)23-13-14-24-22-12-11-21-10-5-6-16-27(21,3)25(22)15-17-28(23,24)4/h11,19-20,22-25H,5-10,12-18H2,1-4H3,(H,29,30)/t19?,20-,22+,23-,24+,25+,27+,28-/m1/s1. The van der Waals surface area contributed by atoms with Gasteiger partial charge in [-0.25, -0.2) is 0 Å². The van der Waals surface area contributed by atoms with E-state index in [1.807, 2.05) is 5.57 Å². The fourth-order valence-corrected chi connectivity index (χ4v) is 9.06. The van der Waals surface area contributed by atoms with Gasteiger partial charge in [-0.1, -0.05) is 65.0 Å². The minimum absolute atomic E-state index is 0.316. The van der Waals surface area contributed by atoms with Crippen LogP contribution in [0, 0.1) is 46.3 Å². The van der Waals surface area contributed by atoms with Crippen LogP contribution in [-0.4, -0.2) is 11.1 Å². The summed E-state index contributed by atoms with van der Waals surface area (Å²) in [5, 5.41) is 9.01. The Morgan fingerprint density at radius 1 is 1.10 bits per heavy atom. The lowest BCUT2D eigenvalue weighted by Gasteiger charge is -2.58. The molecule has 0 bridgehead atoms. The van der Waals surface area contributed by atoms with Gasteiger partial charge >= 0.3 is 5.97 Å². The van der Waals surface area contributed by atoms with E-state index < -0.39 is 5.97 Å². The SMILES string of the molecule is CC(CCC[C@@H](C)[C@H]1CC[C@H]2[C@@H]3CC=C4CCCC[C@]4(C)[C@H]3CC[C@]12C)CC(=O)O. The molecule has 4 aliphatic carbocycles. The first-order valence-corrected chi connectivity index (χ1v) is 13.2. The molecule has 0 aliphatic heterocycles. The van der Waals surface area contributed by atoms with Crippen LogP contribution in [-0.2, 0) is 4.79 Å². The predicted molar refractivity (Wildman–Crippen MR) is 124 cm³/mol. The van der Waals surface area contributed by atoms with Gasteiger partial charge < -0.3 is 5.11 Å². The molecular formula is C28H46O2. The molecule has 2 nitrogen and oxygen atoms in total. The highest BCUT2D eigenvalue weighted by Crippen LogP contribution is 2.67. The summed E-state index contributed by atoms with van der Waals surface area (Å²) in [6, 6.07) is 0. The van der Waals surface area contributed by atoms with Crippen LogP contribution in [0.4, 0.5) is 0 Å². The highest BCUT2D eigenvalue weighted by molar-refractivity contribution is 5.66.